The maximum absolute atomic E-state index is 13.6. The van der Waals surface area contributed by atoms with Crippen LogP contribution in [0.15, 0.2) is 22.9 Å². The van der Waals surface area contributed by atoms with Gasteiger partial charge in [0.05, 0.1) is 11.6 Å². The van der Waals surface area contributed by atoms with Crippen LogP contribution in [0.5, 0.6) is 5.75 Å². The standard InChI is InChI=1S/C12H13BrFN5O/c1-6-3-7(13)8(14)4-9(6)18-11-10(20-2)12(19-15)17-5-16-11/h3-5H,15H2,1-2H3,(H2,16,17,18,19). The summed E-state index contributed by atoms with van der Waals surface area (Å²) < 4.78 is 19.2. The van der Waals surface area contributed by atoms with E-state index in [9.17, 15) is 4.39 Å². The first-order valence-corrected chi connectivity index (χ1v) is 6.44. The van der Waals surface area contributed by atoms with Crippen molar-refractivity contribution in [3.05, 3.63) is 34.3 Å². The third-order valence-corrected chi connectivity index (χ3v) is 3.27. The van der Waals surface area contributed by atoms with Crippen molar-refractivity contribution in [1.82, 2.24) is 9.97 Å². The van der Waals surface area contributed by atoms with Gasteiger partial charge in [-0.1, -0.05) is 0 Å². The molecule has 2 rings (SSSR count). The molecule has 106 valence electrons. The number of hydrogen-bond donors (Lipinski definition) is 3. The van der Waals surface area contributed by atoms with Crippen molar-refractivity contribution in [2.45, 2.75) is 6.92 Å². The van der Waals surface area contributed by atoms with Gasteiger partial charge in [-0.05, 0) is 40.5 Å². The van der Waals surface area contributed by atoms with Gasteiger partial charge in [0.2, 0.25) is 5.75 Å². The van der Waals surface area contributed by atoms with Crippen molar-refractivity contribution in [2.24, 2.45) is 5.84 Å². The number of anilines is 3. The number of nitrogens with two attached hydrogens (primary N) is 1. The number of methoxy groups -OCH3 is 1. The fourth-order valence-electron chi connectivity index (χ4n) is 1.67. The Morgan fingerprint density at radius 2 is 2.00 bits per heavy atom. The topological polar surface area (TPSA) is 85.1 Å². The molecule has 1 aromatic carbocycles. The van der Waals surface area contributed by atoms with Crippen molar-refractivity contribution in [3.8, 4) is 5.75 Å². The summed E-state index contributed by atoms with van der Waals surface area (Å²) >= 11 is 3.14. The van der Waals surface area contributed by atoms with Gasteiger partial charge in [-0.15, -0.1) is 0 Å². The molecular weight excluding hydrogens is 329 g/mol. The summed E-state index contributed by atoms with van der Waals surface area (Å²) in [4.78, 5) is 8.00. The lowest BCUT2D eigenvalue weighted by Crippen LogP contribution is -2.11. The van der Waals surface area contributed by atoms with Crippen molar-refractivity contribution in [1.29, 1.82) is 0 Å². The number of nitrogens with one attached hydrogen (secondary N) is 2. The Labute approximate surface area is 123 Å². The van der Waals surface area contributed by atoms with Crippen molar-refractivity contribution in [2.75, 3.05) is 17.9 Å². The van der Waals surface area contributed by atoms with Gasteiger partial charge in [0.1, 0.15) is 12.1 Å². The van der Waals surface area contributed by atoms with E-state index >= 15 is 0 Å². The largest absolute Gasteiger partial charge is 0.490 e. The molecule has 20 heavy (non-hydrogen) atoms. The summed E-state index contributed by atoms with van der Waals surface area (Å²) in [5.74, 6) is 6.04. The summed E-state index contributed by atoms with van der Waals surface area (Å²) in [7, 11) is 1.47. The molecular formula is C12H13BrFN5O. The van der Waals surface area contributed by atoms with Gasteiger partial charge in [-0.2, -0.15) is 0 Å². The fourth-order valence-corrected chi connectivity index (χ4v) is 2.13. The third-order valence-electron chi connectivity index (χ3n) is 2.67. The molecule has 0 aliphatic heterocycles. The Morgan fingerprint density at radius 3 is 2.65 bits per heavy atom. The average Bonchev–Trinajstić information content (AvgIpc) is 2.44. The fraction of sp³-hybridized carbons (Fsp3) is 0.167. The number of benzene rings is 1. The molecule has 1 aromatic heterocycles. The summed E-state index contributed by atoms with van der Waals surface area (Å²) in [5.41, 5.74) is 3.83. The van der Waals surface area contributed by atoms with E-state index in [1.165, 1.54) is 19.5 Å². The molecule has 6 nitrogen and oxygen atoms in total. The van der Waals surface area contributed by atoms with E-state index in [4.69, 9.17) is 10.6 Å². The monoisotopic (exact) mass is 341 g/mol. The summed E-state index contributed by atoms with van der Waals surface area (Å²) in [6, 6.07) is 3.05. The molecule has 0 aliphatic carbocycles. The van der Waals surface area contributed by atoms with E-state index in [1.54, 1.807) is 6.07 Å². The number of hydrazine groups is 1. The van der Waals surface area contributed by atoms with Gasteiger partial charge in [0.25, 0.3) is 0 Å². The van der Waals surface area contributed by atoms with E-state index in [1.807, 2.05) is 6.92 Å². The Balaban J connectivity index is 2.42. The van der Waals surface area contributed by atoms with Crippen molar-refractivity contribution >= 4 is 33.3 Å². The van der Waals surface area contributed by atoms with Crippen molar-refractivity contribution in [3.63, 3.8) is 0 Å². The molecule has 0 unspecified atom stereocenters. The molecule has 0 spiro atoms. The van der Waals surface area contributed by atoms with Crippen LogP contribution in [-0.4, -0.2) is 17.1 Å². The predicted octanol–water partition coefficient (Wildman–Crippen LogP) is 2.72. The molecule has 1 heterocycles. The van der Waals surface area contributed by atoms with E-state index in [0.717, 1.165) is 5.56 Å². The highest BCUT2D eigenvalue weighted by atomic mass is 79.9. The van der Waals surface area contributed by atoms with Crippen molar-refractivity contribution < 1.29 is 9.13 Å². The molecule has 0 fully saturated rings. The van der Waals surface area contributed by atoms with Crippen LogP contribution in [0.2, 0.25) is 0 Å². The zero-order chi connectivity index (χ0) is 14.7. The number of aryl methyl sites for hydroxylation is 1. The predicted molar refractivity (Wildman–Crippen MR) is 78.5 cm³/mol. The Hall–Kier alpha value is -1.93. The van der Waals surface area contributed by atoms with Gasteiger partial charge in [0.15, 0.2) is 11.6 Å². The number of nitrogens with zero attached hydrogens (tertiary/aromatic N) is 2. The van der Waals surface area contributed by atoms with Crippen LogP contribution in [0.3, 0.4) is 0 Å². The summed E-state index contributed by atoms with van der Waals surface area (Å²) in [6.45, 7) is 1.85. The van der Waals surface area contributed by atoms with E-state index in [-0.39, 0.29) is 5.82 Å². The number of ether oxygens (including phenoxy) is 1. The highest BCUT2D eigenvalue weighted by Crippen LogP contribution is 2.32. The minimum atomic E-state index is -0.372. The lowest BCUT2D eigenvalue weighted by atomic mass is 10.2. The van der Waals surface area contributed by atoms with Crippen LogP contribution >= 0.6 is 15.9 Å². The molecule has 0 aliphatic rings. The van der Waals surface area contributed by atoms with Crippen LogP contribution in [0, 0.1) is 12.7 Å². The van der Waals surface area contributed by atoms with E-state index in [0.29, 0.717) is 27.5 Å². The second-order valence-electron chi connectivity index (χ2n) is 3.95. The zero-order valence-electron chi connectivity index (χ0n) is 10.9. The van der Waals surface area contributed by atoms with Gasteiger partial charge < -0.3 is 15.5 Å². The molecule has 8 heteroatoms. The highest BCUT2D eigenvalue weighted by Gasteiger charge is 2.13. The quantitative estimate of drug-likeness (QED) is 0.585. The second-order valence-corrected chi connectivity index (χ2v) is 4.81. The Morgan fingerprint density at radius 1 is 1.30 bits per heavy atom. The van der Waals surface area contributed by atoms with Crippen LogP contribution in [0.25, 0.3) is 0 Å². The van der Waals surface area contributed by atoms with E-state index < -0.39 is 0 Å². The Kier molecular flexibility index (Phi) is 4.35. The first kappa shape index (κ1) is 14.5. The first-order valence-electron chi connectivity index (χ1n) is 5.65. The Bertz CT molecular complexity index is 637. The molecule has 0 saturated carbocycles. The lowest BCUT2D eigenvalue weighted by Gasteiger charge is -2.14. The first-order chi connectivity index (χ1) is 9.56. The normalized spacial score (nSPS) is 10.2. The number of rotatable bonds is 4. The third kappa shape index (κ3) is 2.81. The SMILES string of the molecule is COc1c(NN)ncnc1Nc1cc(F)c(Br)cc1C. The lowest BCUT2D eigenvalue weighted by molar-refractivity contribution is 0.415. The van der Waals surface area contributed by atoms with Crippen LogP contribution in [0.4, 0.5) is 21.7 Å². The maximum atomic E-state index is 13.6. The van der Waals surface area contributed by atoms with E-state index in [2.05, 4.69) is 36.6 Å². The minimum absolute atomic E-state index is 0.334. The van der Waals surface area contributed by atoms with Gasteiger partial charge in [-0.25, -0.2) is 20.2 Å². The van der Waals surface area contributed by atoms with Crippen LogP contribution in [0.1, 0.15) is 5.56 Å². The molecule has 2 aromatic rings. The summed E-state index contributed by atoms with van der Waals surface area (Å²) in [6.07, 6.45) is 1.32. The smallest absolute Gasteiger partial charge is 0.205 e. The highest BCUT2D eigenvalue weighted by molar-refractivity contribution is 9.10. The molecule has 0 bridgehead atoms. The van der Waals surface area contributed by atoms with Crippen LogP contribution in [-0.2, 0) is 0 Å². The molecule has 0 saturated heterocycles. The van der Waals surface area contributed by atoms with Gasteiger partial charge in [-0.3, -0.25) is 0 Å². The number of aromatic nitrogens is 2. The molecule has 0 atom stereocenters. The van der Waals surface area contributed by atoms with Crippen LogP contribution < -0.4 is 21.3 Å². The zero-order valence-corrected chi connectivity index (χ0v) is 12.5. The van der Waals surface area contributed by atoms with Gasteiger partial charge in [0, 0.05) is 5.69 Å². The van der Waals surface area contributed by atoms with Gasteiger partial charge >= 0.3 is 0 Å². The second kappa shape index (κ2) is 6.02. The molecule has 0 amide bonds. The maximum Gasteiger partial charge on any atom is 0.205 e. The molecule has 0 radical (unpaired) electrons. The molecule has 4 N–H and O–H groups in total. The average molecular weight is 342 g/mol. The number of hydrogen-bond acceptors (Lipinski definition) is 6. The minimum Gasteiger partial charge on any atom is -0.490 e. The summed E-state index contributed by atoms with van der Waals surface area (Å²) in [5, 5.41) is 3.00. The number of halogens is 2. The number of nitrogen functional groups attached to an aromatic ring is 1.